The van der Waals surface area contributed by atoms with Gasteiger partial charge >= 0.3 is 0 Å². The van der Waals surface area contributed by atoms with Gasteiger partial charge < -0.3 is 9.67 Å². The minimum Gasteiger partial charge on any atom is -0.396 e. The quantitative estimate of drug-likeness (QED) is 0.742. The third-order valence-corrected chi connectivity index (χ3v) is 1.86. The van der Waals surface area contributed by atoms with E-state index in [1.807, 2.05) is 0 Å². The van der Waals surface area contributed by atoms with Crippen molar-refractivity contribution >= 4 is 0 Å². The largest absolute Gasteiger partial charge is 0.396 e. The predicted molar refractivity (Wildman–Crippen MR) is 47.0 cm³/mol. The first-order valence-corrected chi connectivity index (χ1v) is 4.11. The van der Waals surface area contributed by atoms with E-state index >= 15 is 0 Å². The molecule has 1 rings (SSSR count). The SMILES string of the molecule is Cn1cc(F)c(CCCO)cc1=O. The second kappa shape index (κ2) is 4.18. The monoisotopic (exact) mass is 185 g/mol. The van der Waals surface area contributed by atoms with Gasteiger partial charge in [0.15, 0.2) is 0 Å². The molecule has 0 aliphatic heterocycles. The van der Waals surface area contributed by atoms with Crippen molar-refractivity contribution in [3.05, 3.63) is 34.0 Å². The number of pyridine rings is 1. The van der Waals surface area contributed by atoms with Crippen LogP contribution >= 0.6 is 0 Å². The molecular formula is C9H12FNO2. The summed E-state index contributed by atoms with van der Waals surface area (Å²) in [6, 6.07) is 1.27. The first-order chi connectivity index (χ1) is 6.15. The minimum atomic E-state index is -0.393. The Labute approximate surface area is 75.4 Å². The van der Waals surface area contributed by atoms with Gasteiger partial charge in [0.1, 0.15) is 5.82 Å². The van der Waals surface area contributed by atoms with Crippen molar-refractivity contribution in [1.82, 2.24) is 4.57 Å². The summed E-state index contributed by atoms with van der Waals surface area (Å²) in [7, 11) is 1.50. The van der Waals surface area contributed by atoms with Gasteiger partial charge in [0.05, 0.1) is 0 Å². The average Bonchev–Trinajstić information content (AvgIpc) is 2.09. The van der Waals surface area contributed by atoms with Crippen molar-refractivity contribution in [2.24, 2.45) is 7.05 Å². The van der Waals surface area contributed by atoms with E-state index in [2.05, 4.69) is 0 Å². The molecule has 0 atom stereocenters. The third kappa shape index (κ3) is 2.39. The van der Waals surface area contributed by atoms with Crippen LogP contribution in [-0.4, -0.2) is 16.3 Å². The van der Waals surface area contributed by atoms with Crippen LogP contribution in [0.5, 0.6) is 0 Å². The van der Waals surface area contributed by atoms with Crippen molar-refractivity contribution in [1.29, 1.82) is 0 Å². The summed E-state index contributed by atoms with van der Waals surface area (Å²) >= 11 is 0. The molecule has 0 unspecified atom stereocenters. The number of halogens is 1. The zero-order chi connectivity index (χ0) is 9.84. The minimum absolute atomic E-state index is 0.00858. The van der Waals surface area contributed by atoms with Crippen LogP contribution in [0.15, 0.2) is 17.1 Å². The molecule has 1 heterocycles. The van der Waals surface area contributed by atoms with Crippen LogP contribution in [0, 0.1) is 5.82 Å². The summed E-state index contributed by atoms with van der Waals surface area (Å²) in [5, 5.41) is 8.54. The first kappa shape index (κ1) is 9.92. The third-order valence-electron chi connectivity index (χ3n) is 1.86. The number of hydrogen-bond donors (Lipinski definition) is 1. The van der Waals surface area contributed by atoms with Crippen LogP contribution in [-0.2, 0) is 13.5 Å². The van der Waals surface area contributed by atoms with E-state index in [0.29, 0.717) is 18.4 Å². The normalized spacial score (nSPS) is 10.4. The van der Waals surface area contributed by atoms with Gasteiger partial charge in [-0.1, -0.05) is 0 Å². The summed E-state index contributed by atoms with van der Waals surface area (Å²) in [4.78, 5) is 11.1. The molecule has 0 amide bonds. The van der Waals surface area contributed by atoms with Crippen molar-refractivity contribution in [2.45, 2.75) is 12.8 Å². The van der Waals surface area contributed by atoms with E-state index in [0.717, 1.165) is 6.20 Å². The summed E-state index contributed by atoms with van der Waals surface area (Å²) < 4.78 is 14.3. The molecule has 72 valence electrons. The molecule has 1 aromatic heterocycles. The van der Waals surface area contributed by atoms with Gasteiger partial charge in [0, 0.05) is 25.9 Å². The fourth-order valence-electron chi connectivity index (χ4n) is 1.10. The molecule has 1 aromatic rings. The van der Waals surface area contributed by atoms with Crippen LogP contribution in [0.2, 0.25) is 0 Å². The van der Waals surface area contributed by atoms with Crippen LogP contribution in [0.3, 0.4) is 0 Å². The predicted octanol–water partition coefficient (Wildman–Crippen LogP) is 0.449. The molecule has 4 heteroatoms. The zero-order valence-electron chi connectivity index (χ0n) is 7.46. The fraction of sp³-hybridized carbons (Fsp3) is 0.444. The van der Waals surface area contributed by atoms with Crippen LogP contribution in [0.1, 0.15) is 12.0 Å². The van der Waals surface area contributed by atoms with Crippen molar-refractivity contribution in [3.63, 3.8) is 0 Å². The number of aliphatic hydroxyl groups is 1. The molecule has 1 N–H and O–H groups in total. The maximum atomic E-state index is 13.1. The van der Waals surface area contributed by atoms with Crippen molar-refractivity contribution in [3.8, 4) is 0 Å². The number of nitrogens with zero attached hydrogens (tertiary/aromatic N) is 1. The lowest BCUT2D eigenvalue weighted by Gasteiger charge is -2.03. The summed E-state index contributed by atoms with van der Waals surface area (Å²) in [6.45, 7) is 0.00858. The highest BCUT2D eigenvalue weighted by atomic mass is 19.1. The molecular weight excluding hydrogens is 173 g/mol. The highest BCUT2D eigenvalue weighted by Crippen LogP contribution is 2.05. The van der Waals surface area contributed by atoms with Crippen LogP contribution < -0.4 is 5.56 Å². The maximum absolute atomic E-state index is 13.1. The number of aromatic nitrogens is 1. The van der Waals surface area contributed by atoms with E-state index in [9.17, 15) is 9.18 Å². The molecule has 0 saturated carbocycles. The van der Waals surface area contributed by atoms with Crippen molar-refractivity contribution in [2.75, 3.05) is 6.61 Å². The second-order valence-corrected chi connectivity index (χ2v) is 2.92. The molecule has 0 aromatic carbocycles. The molecule has 0 spiro atoms. The number of aliphatic hydroxyl groups excluding tert-OH is 1. The first-order valence-electron chi connectivity index (χ1n) is 4.11. The van der Waals surface area contributed by atoms with Gasteiger partial charge in [0.25, 0.3) is 5.56 Å². The van der Waals surface area contributed by atoms with Gasteiger partial charge in [-0.15, -0.1) is 0 Å². The Balaban J connectivity index is 2.95. The van der Waals surface area contributed by atoms with E-state index in [-0.39, 0.29) is 12.2 Å². The Bertz CT molecular complexity index is 346. The number of aryl methyl sites for hydroxylation is 2. The van der Waals surface area contributed by atoms with Gasteiger partial charge in [0.2, 0.25) is 0 Å². The lowest BCUT2D eigenvalue weighted by atomic mass is 10.1. The van der Waals surface area contributed by atoms with E-state index < -0.39 is 5.82 Å². The summed E-state index contributed by atoms with van der Waals surface area (Å²) in [5.41, 5.74) is 0.145. The molecule has 0 radical (unpaired) electrons. The summed E-state index contributed by atoms with van der Waals surface area (Å²) in [5.74, 6) is -0.393. The number of hydrogen-bond acceptors (Lipinski definition) is 2. The molecule has 0 bridgehead atoms. The smallest absolute Gasteiger partial charge is 0.250 e. The Morgan fingerprint density at radius 1 is 1.62 bits per heavy atom. The lowest BCUT2D eigenvalue weighted by molar-refractivity contribution is 0.288. The zero-order valence-corrected chi connectivity index (χ0v) is 7.46. The fourth-order valence-corrected chi connectivity index (χ4v) is 1.10. The van der Waals surface area contributed by atoms with E-state index in [4.69, 9.17) is 5.11 Å². The van der Waals surface area contributed by atoms with Crippen molar-refractivity contribution < 1.29 is 9.50 Å². The van der Waals surface area contributed by atoms with Crippen LogP contribution in [0.25, 0.3) is 0 Å². The Kier molecular flexibility index (Phi) is 3.19. The molecule has 3 nitrogen and oxygen atoms in total. The maximum Gasteiger partial charge on any atom is 0.250 e. The van der Waals surface area contributed by atoms with Gasteiger partial charge in [-0.2, -0.15) is 0 Å². The highest BCUT2D eigenvalue weighted by Gasteiger charge is 2.03. The molecule has 0 aliphatic carbocycles. The molecule has 13 heavy (non-hydrogen) atoms. The summed E-state index contributed by atoms with van der Waals surface area (Å²) in [6.07, 6.45) is 2.04. The van der Waals surface area contributed by atoms with Gasteiger partial charge in [-0.05, 0) is 18.4 Å². The second-order valence-electron chi connectivity index (χ2n) is 2.92. The molecule has 0 fully saturated rings. The highest BCUT2D eigenvalue weighted by molar-refractivity contribution is 5.13. The Hall–Kier alpha value is -1.16. The number of rotatable bonds is 3. The van der Waals surface area contributed by atoms with Crippen LogP contribution in [0.4, 0.5) is 4.39 Å². The lowest BCUT2D eigenvalue weighted by Crippen LogP contribution is -2.17. The Morgan fingerprint density at radius 3 is 2.92 bits per heavy atom. The standard InChI is InChI=1S/C9H12FNO2/c1-11-6-8(10)7(3-2-4-12)5-9(11)13/h5-6,12H,2-4H2,1H3. The average molecular weight is 185 g/mol. The topological polar surface area (TPSA) is 42.2 Å². The molecule has 0 saturated heterocycles. The molecule has 0 aliphatic rings. The van der Waals surface area contributed by atoms with Gasteiger partial charge in [-0.25, -0.2) is 4.39 Å². The van der Waals surface area contributed by atoms with E-state index in [1.54, 1.807) is 0 Å². The van der Waals surface area contributed by atoms with E-state index in [1.165, 1.54) is 17.7 Å². The van der Waals surface area contributed by atoms with Gasteiger partial charge in [-0.3, -0.25) is 4.79 Å². The Morgan fingerprint density at radius 2 is 2.31 bits per heavy atom.